The standard InChI is InChI=1S/C14H18F3N3OS/c1-9(12(21)19-10-5-3-2-4-6-10)22-13-18-8-7-11(20-13)14(15,16)17/h7-10H,2-6H2,1H3,(H,19,21). The van der Waals surface area contributed by atoms with Gasteiger partial charge in [-0.3, -0.25) is 4.79 Å². The highest BCUT2D eigenvalue weighted by Gasteiger charge is 2.33. The summed E-state index contributed by atoms with van der Waals surface area (Å²) >= 11 is 0.936. The minimum Gasteiger partial charge on any atom is -0.352 e. The smallest absolute Gasteiger partial charge is 0.352 e. The molecule has 122 valence electrons. The highest BCUT2D eigenvalue weighted by molar-refractivity contribution is 8.00. The van der Waals surface area contributed by atoms with Gasteiger partial charge < -0.3 is 5.32 Å². The van der Waals surface area contributed by atoms with Crippen molar-refractivity contribution in [3.8, 4) is 0 Å². The molecular formula is C14H18F3N3OS. The van der Waals surface area contributed by atoms with Crippen LogP contribution in [0.4, 0.5) is 13.2 Å². The predicted molar refractivity (Wildman–Crippen MR) is 77.4 cm³/mol. The van der Waals surface area contributed by atoms with E-state index in [1.807, 2.05) is 0 Å². The molecule has 1 unspecified atom stereocenters. The number of carbonyl (C=O) groups is 1. The van der Waals surface area contributed by atoms with E-state index >= 15 is 0 Å². The van der Waals surface area contributed by atoms with Crippen LogP contribution in [0.25, 0.3) is 0 Å². The molecule has 1 heterocycles. The Balaban J connectivity index is 1.93. The number of nitrogens with zero attached hydrogens (tertiary/aromatic N) is 2. The third kappa shape index (κ3) is 4.86. The molecule has 1 aromatic heterocycles. The van der Waals surface area contributed by atoms with Crippen molar-refractivity contribution < 1.29 is 18.0 Å². The van der Waals surface area contributed by atoms with Gasteiger partial charge in [0.15, 0.2) is 5.16 Å². The van der Waals surface area contributed by atoms with Crippen molar-refractivity contribution in [2.24, 2.45) is 0 Å². The number of alkyl halides is 3. The Hall–Kier alpha value is -1.31. The average Bonchev–Trinajstić information content (AvgIpc) is 2.47. The maximum Gasteiger partial charge on any atom is 0.433 e. The Morgan fingerprint density at radius 2 is 2.05 bits per heavy atom. The van der Waals surface area contributed by atoms with E-state index in [1.165, 1.54) is 6.42 Å². The molecule has 1 fully saturated rings. The lowest BCUT2D eigenvalue weighted by Gasteiger charge is -2.24. The number of aromatic nitrogens is 2. The van der Waals surface area contributed by atoms with Crippen molar-refractivity contribution in [1.29, 1.82) is 0 Å². The van der Waals surface area contributed by atoms with Crippen molar-refractivity contribution in [3.05, 3.63) is 18.0 Å². The third-order valence-electron chi connectivity index (χ3n) is 3.53. The third-order valence-corrected chi connectivity index (χ3v) is 4.50. The lowest BCUT2D eigenvalue weighted by atomic mass is 9.95. The van der Waals surface area contributed by atoms with Gasteiger partial charge in [0, 0.05) is 12.2 Å². The summed E-state index contributed by atoms with van der Waals surface area (Å²) in [5, 5.41) is 2.37. The zero-order valence-electron chi connectivity index (χ0n) is 12.2. The summed E-state index contributed by atoms with van der Waals surface area (Å²) in [7, 11) is 0. The molecule has 0 aromatic carbocycles. The van der Waals surface area contributed by atoms with E-state index in [0.29, 0.717) is 0 Å². The molecule has 1 N–H and O–H groups in total. The lowest BCUT2D eigenvalue weighted by Crippen LogP contribution is -2.40. The van der Waals surface area contributed by atoms with Gasteiger partial charge in [-0.15, -0.1) is 0 Å². The molecule has 1 saturated carbocycles. The van der Waals surface area contributed by atoms with Crippen LogP contribution in [0, 0.1) is 0 Å². The molecule has 0 radical (unpaired) electrons. The van der Waals surface area contributed by atoms with Gasteiger partial charge in [0.05, 0.1) is 5.25 Å². The van der Waals surface area contributed by atoms with E-state index in [2.05, 4.69) is 15.3 Å². The van der Waals surface area contributed by atoms with Gasteiger partial charge in [-0.25, -0.2) is 9.97 Å². The van der Waals surface area contributed by atoms with Gasteiger partial charge in [0.25, 0.3) is 0 Å². The molecule has 0 saturated heterocycles. The minimum absolute atomic E-state index is 0.0406. The van der Waals surface area contributed by atoms with Gasteiger partial charge in [-0.1, -0.05) is 31.0 Å². The van der Waals surface area contributed by atoms with Gasteiger partial charge in [-0.05, 0) is 25.8 Å². The second kappa shape index (κ2) is 7.30. The number of amides is 1. The van der Waals surface area contributed by atoms with Crippen LogP contribution in [0.2, 0.25) is 0 Å². The molecule has 2 rings (SSSR count). The zero-order chi connectivity index (χ0) is 16.2. The second-order valence-electron chi connectivity index (χ2n) is 5.33. The van der Waals surface area contributed by atoms with Crippen LogP contribution < -0.4 is 5.32 Å². The first-order valence-corrected chi connectivity index (χ1v) is 8.11. The number of rotatable bonds is 4. The Labute approximate surface area is 131 Å². The first-order valence-electron chi connectivity index (χ1n) is 7.23. The van der Waals surface area contributed by atoms with Gasteiger partial charge in [0.1, 0.15) is 5.69 Å². The summed E-state index contributed by atoms with van der Waals surface area (Å²) in [5.41, 5.74) is -0.995. The SMILES string of the molecule is CC(Sc1nccc(C(F)(F)F)n1)C(=O)NC1CCCCC1. The van der Waals surface area contributed by atoms with Crippen molar-refractivity contribution in [3.63, 3.8) is 0 Å². The van der Waals surface area contributed by atoms with Crippen LogP contribution in [-0.2, 0) is 11.0 Å². The van der Waals surface area contributed by atoms with E-state index < -0.39 is 17.1 Å². The fraction of sp³-hybridized carbons (Fsp3) is 0.643. The van der Waals surface area contributed by atoms with E-state index in [1.54, 1.807) is 6.92 Å². The molecule has 0 spiro atoms. The Morgan fingerprint density at radius 1 is 1.36 bits per heavy atom. The minimum atomic E-state index is -4.51. The maximum absolute atomic E-state index is 12.6. The summed E-state index contributed by atoms with van der Waals surface area (Å²) in [6.45, 7) is 1.65. The first kappa shape index (κ1) is 17.1. The molecule has 0 aliphatic heterocycles. The van der Waals surface area contributed by atoms with Gasteiger partial charge >= 0.3 is 6.18 Å². The Bertz CT molecular complexity index is 518. The fourth-order valence-corrected chi connectivity index (χ4v) is 3.10. The monoisotopic (exact) mass is 333 g/mol. The summed E-state index contributed by atoms with van der Waals surface area (Å²) in [5.74, 6) is -0.182. The van der Waals surface area contributed by atoms with E-state index in [-0.39, 0.29) is 17.1 Å². The summed E-state index contributed by atoms with van der Waals surface area (Å²) in [6, 6.07) is 0.989. The predicted octanol–water partition coefficient (Wildman–Crippen LogP) is 3.42. The van der Waals surface area contributed by atoms with E-state index in [0.717, 1.165) is 49.7 Å². The summed E-state index contributed by atoms with van der Waals surface area (Å²) < 4.78 is 37.8. The van der Waals surface area contributed by atoms with Crippen molar-refractivity contribution in [2.45, 2.75) is 61.7 Å². The molecule has 4 nitrogen and oxygen atoms in total. The fourth-order valence-electron chi connectivity index (χ4n) is 2.33. The Kier molecular flexibility index (Phi) is 5.66. The van der Waals surface area contributed by atoms with Crippen LogP contribution in [0.5, 0.6) is 0 Å². The van der Waals surface area contributed by atoms with Gasteiger partial charge in [0.2, 0.25) is 5.91 Å². The summed E-state index contributed by atoms with van der Waals surface area (Å²) in [4.78, 5) is 19.3. The molecule has 1 aliphatic carbocycles. The zero-order valence-corrected chi connectivity index (χ0v) is 13.0. The first-order chi connectivity index (χ1) is 10.4. The molecule has 1 atom stereocenters. The van der Waals surface area contributed by atoms with Crippen molar-refractivity contribution >= 4 is 17.7 Å². The van der Waals surface area contributed by atoms with Crippen LogP contribution >= 0.6 is 11.8 Å². The second-order valence-corrected chi connectivity index (χ2v) is 6.63. The van der Waals surface area contributed by atoms with Gasteiger partial charge in [-0.2, -0.15) is 13.2 Å². The molecule has 1 aliphatic rings. The van der Waals surface area contributed by atoms with Crippen molar-refractivity contribution in [2.75, 3.05) is 0 Å². The number of thioether (sulfide) groups is 1. The van der Waals surface area contributed by atoms with E-state index in [9.17, 15) is 18.0 Å². The molecule has 1 aromatic rings. The number of carbonyl (C=O) groups excluding carboxylic acids is 1. The Morgan fingerprint density at radius 3 is 2.68 bits per heavy atom. The van der Waals surface area contributed by atoms with Crippen LogP contribution in [-0.4, -0.2) is 27.2 Å². The van der Waals surface area contributed by atoms with Crippen LogP contribution in [0.15, 0.2) is 17.4 Å². The number of hydrogen-bond acceptors (Lipinski definition) is 4. The summed E-state index contributed by atoms with van der Waals surface area (Å²) in [6.07, 6.45) is 1.86. The highest BCUT2D eigenvalue weighted by atomic mass is 32.2. The number of halogens is 3. The normalized spacial score (nSPS) is 18.0. The molecule has 0 bridgehead atoms. The number of nitrogens with one attached hydrogen (secondary N) is 1. The largest absolute Gasteiger partial charge is 0.433 e. The molecular weight excluding hydrogens is 315 g/mol. The average molecular weight is 333 g/mol. The van der Waals surface area contributed by atoms with E-state index in [4.69, 9.17) is 0 Å². The van der Waals surface area contributed by atoms with Crippen LogP contribution in [0.1, 0.15) is 44.7 Å². The highest BCUT2D eigenvalue weighted by Crippen LogP contribution is 2.29. The quantitative estimate of drug-likeness (QED) is 0.677. The topological polar surface area (TPSA) is 54.9 Å². The maximum atomic E-state index is 12.6. The number of hydrogen-bond donors (Lipinski definition) is 1. The molecule has 8 heteroatoms. The van der Waals surface area contributed by atoms with Crippen molar-refractivity contribution in [1.82, 2.24) is 15.3 Å². The molecule has 22 heavy (non-hydrogen) atoms. The lowest BCUT2D eigenvalue weighted by molar-refractivity contribution is -0.141. The molecule has 1 amide bonds. The van der Waals surface area contributed by atoms with Crippen LogP contribution in [0.3, 0.4) is 0 Å².